The van der Waals surface area contributed by atoms with E-state index in [9.17, 15) is 0 Å². The van der Waals surface area contributed by atoms with Crippen LogP contribution in [0.4, 0.5) is 34.1 Å². The van der Waals surface area contributed by atoms with Gasteiger partial charge in [-0.15, -0.1) is 0 Å². The Morgan fingerprint density at radius 1 is 0.417 bits per heavy atom. The number of hydrogen-bond donors (Lipinski definition) is 0. The van der Waals surface area contributed by atoms with Crippen LogP contribution in [-0.2, 0) is 10.8 Å². The van der Waals surface area contributed by atoms with E-state index in [-0.39, 0.29) is 10.8 Å². The molecule has 0 spiro atoms. The fraction of sp³-hybridized carbons (Fsp3) is 0.172. The van der Waals surface area contributed by atoms with Crippen molar-refractivity contribution in [2.75, 3.05) is 9.80 Å². The molecular formula is C58H52N2. The molecule has 2 heteroatoms. The number of nitrogens with zero attached hydrogens (tertiary/aromatic N) is 2. The Balaban J connectivity index is 1.01. The van der Waals surface area contributed by atoms with Crippen molar-refractivity contribution in [1.29, 1.82) is 0 Å². The van der Waals surface area contributed by atoms with Gasteiger partial charge in [0.1, 0.15) is 0 Å². The molecule has 0 radical (unpaired) electrons. The Labute approximate surface area is 356 Å². The predicted molar refractivity (Wildman–Crippen MR) is 254 cm³/mol. The normalized spacial score (nSPS) is 17.7. The molecule has 2 aliphatic carbocycles. The van der Waals surface area contributed by atoms with Gasteiger partial charge in [0.2, 0.25) is 0 Å². The molecule has 1 fully saturated rings. The average Bonchev–Trinajstić information content (AvgIpc) is 3.53. The predicted octanol–water partition coefficient (Wildman–Crippen LogP) is 16.1. The Bertz CT molecular complexity index is 2720. The summed E-state index contributed by atoms with van der Waals surface area (Å²) in [6, 6.07) is 76.2. The average molecular weight is 777 g/mol. The Morgan fingerprint density at radius 3 is 1.42 bits per heavy atom. The maximum absolute atomic E-state index is 2.44. The number of hydrogen-bond acceptors (Lipinski definition) is 2. The molecule has 60 heavy (non-hydrogen) atoms. The van der Waals surface area contributed by atoms with Crippen LogP contribution in [-0.4, -0.2) is 0 Å². The zero-order chi connectivity index (χ0) is 40.7. The SMILES string of the molecule is CC1CCCC(c2ccc(N(c3ccccc3)c3ccc(-c4ccccc4)cc3)cc2)(c2ccc(N(c3ccccc3)c3ccc4c(c3)C(C)(C)c3ccccc3-4)cc2)C1. The van der Waals surface area contributed by atoms with E-state index in [1.165, 1.54) is 68.7 Å². The van der Waals surface area contributed by atoms with E-state index < -0.39 is 0 Å². The Kier molecular flexibility index (Phi) is 9.73. The van der Waals surface area contributed by atoms with E-state index in [1.54, 1.807) is 0 Å². The monoisotopic (exact) mass is 776 g/mol. The molecule has 0 saturated heterocycles. The summed E-state index contributed by atoms with van der Waals surface area (Å²) >= 11 is 0. The third-order valence-corrected chi connectivity index (χ3v) is 13.4. The highest BCUT2D eigenvalue weighted by Crippen LogP contribution is 2.52. The summed E-state index contributed by atoms with van der Waals surface area (Å²) in [7, 11) is 0. The van der Waals surface area contributed by atoms with Gasteiger partial charge in [0.05, 0.1) is 0 Å². The lowest BCUT2D eigenvalue weighted by Gasteiger charge is -2.42. The quantitative estimate of drug-likeness (QED) is 0.144. The minimum atomic E-state index is -0.0706. The lowest BCUT2D eigenvalue weighted by atomic mass is 9.62. The smallest absolute Gasteiger partial charge is 0.0465 e. The summed E-state index contributed by atoms with van der Waals surface area (Å²) in [5, 5.41) is 0. The van der Waals surface area contributed by atoms with Gasteiger partial charge in [-0.05, 0) is 136 Å². The Morgan fingerprint density at radius 2 is 0.850 bits per heavy atom. The summed E-state index contributed by atoms with van der Waals surface area (Å²) in [5.74, 6) is 0.641. The standard InChI is InChI=1S/C58H52N2/c1-42-16-15-39-58(41-42,45-27-33-50(34-28-45)59(47-19-9-5-10-20-47)49-31-25-44(26-32-49)43-17-7-4-8-18-43)46-29-35-51(36-30-46)60(48-21-11-6-12-22-48)52-37-38-54-53-23-13-14-24-55(53)57(2,3)56(54)40-52/h4-14,17-38,40,42H,15-16,39,41H2,1-3H3. The molecule has 8 aromatic rings. The second-order valence-corrected chi connectivity index (χ2v) is 17.5. The van der Waals surface area contributed by atoms with Gasteiger partial charge in [-0.25, -0.2) is 0 Å². The van der Waals surface area contributed by atoms with E-state index in [4.69, 9.17) is 0 Å². The highest BCUT2D eigenvalue weighted by molar-refractivity contribution is 5.86. The summed E-state index contributed by atoms with van der Waals surface area (Å²) in [6.45, 7) is 7.17. The maximum atomic E-state index is 2.44. The highest BCUT2D eigenvalue weighted by atomic mass is 15.1. The molecule has 1 saturated carbocycles. The van der Waals surface area contributed by atoms with Crippen molar-refractivity contribution in [3.63, 3.8) is 0 Å². The molecule has 0 amide bonds. The van der Waals surface area contributed by atoms with Gasteiger partial charge in [-0.1, -0.05) is 167 Å². The molecule has 8 aromatic carbocycles. The van der Waals surface area contributed by atoms with Crippen molar-refractivity contribution in [1.82, 2.24) is 0 Å². The fourth-order valence-electron chi connectivity index (χ4n) is 10.4. The number of anilines is 6. The number of rotatable bonds is 9. The topological polar surface area (TPSA) is 6.48 Å². The van der Waals surface area contributed by atoms with Crippen LogP contribution >= 0.6 is 0 Å². The zero-order valence-electron chi connectivity index (χ0n) is 34.9. The molecule has 2 nitrogen and oxygen atoms in total. The number of benzene rings is 8. The van der Waals surface area contributed by atoms with Gasteiger partial charge in [-0.2, -0.15) is 0 Å². The summed E-state index contributed by atoms with van der Waals surface area (Å²) in [4.78, 5) is 4.80. The van der Waals surface area contributed by atoms with E-state index in [0.29, 0.717) is 5.92 Å². The van der Waals surface area contributed by atoms with Gasteiger partial charge in [0.25, 0.3) is 0 Å². The van der Waals surface area contributed by atoms with Crippen molar-refractivity contribution < 1.29 is 0 Å². The van der Waals surface area contributed by atoms with Crippen molar-refractivity contribution in [2.24, 2.45) is 5.92 Å². The van der Waals surface area contributed by atoms with Gasteiger partial charge < -0.3 is 9.80 Å². The first-order valence-corrected chi connectivity index (χ1v) is 21.7. The van der Waals surface area contributed by atoms with Gasteiger partial charge in [0.15, 0.2) is 0 Å². The molecule has 0 aromatic heterocycles. The largest absolute Gasteiger partial charge is 0.311 e. The molecule has 0 heterocycles. The summed E-state index contributed by atoms with van der Waals surface area (Å²) in [6.07, 6.45) is 4.77. The van der Waals surface area contributed by atoms with E-state index in [2.05, 4.69) is 237 Å². The second-order valence-electron chi connectivity index (χ2n) is 17.5. The van der Waals surface area contributed by atoms with Crippen LogP contribution in [0.15, 0.2) is 206 Å². The van der Waals surface area contributed by atoms with E-state index in [0.717, 1.165) is 35.6 Å². The Hall–Kier alpha value is -6.64. The van der Waals surface area contributed by atoms with Crippen LogP contribution in [0.2, 0.25) is 0 Å². The van der Waals surface area contributed by atoms with Crippen LogP contribution in [0.1, 0.15) is 68.7 Å². The lowest BCUT2D eigenvalue weighted by Crippen LogP contribution is -2.33. The third-order valence-electron chi connectivity index (χ3n) is 13.4. The molecule has 2 atom stereocenters. The maximum Gasteiger partial charge on any atom is 0.0465 e. The summed E-state index contributed by atoms with van der Waals surface area (Å²) in [5.41, 5.74) is 17.6. The number of fused-ring (bicyclic) bond motifs is 3. The van der Waals surface area contributed by atoms with Crippen molar-refractivity contribution in [3.05, 3.63) is 229 Å². The molecule has 294 valence electrons. The van der Waals surface area contributed by atoms with Gasteiger partial charge in [-0.3, -0.25) is 0 Å². The molecule has 2 unspecified atom stereocenters. The molecule has 0 bridgehead atoms. The van der Waals surface area contributed by atoms with Crippen LogP contribution in [0.5, 0.6) is 0 Å². The minimum Gasteiger partial charge on any atom is -0.311 e. The first-order valence-electron chi connectivity index (χ1n) is 21.7. The molecule has 10 rings (SSSR count). The molecule has 0 aliphatic heterocycles. The highest BCUT2D eigenvalue weighted by Gasteiger charge is 2.39. The van der Waals surface area contributed by atoms with Crippen molar-refractivity contribution in [2.45, 2.75) is 57.3 Å². The fourth-order valence-corrected chi connectivity index (χ4v) is 10.4. The van der Waals surface area contributed by atoms with Crippen LogP contribution in [0.3, 0.4) is 0 Å². The molecule has 0 N–H and O–H groups in total. The number of para-hydroxylation sites is 2. The van der Waals surface area contributed by atoms with Crippen molar-refractivity contribution in [3.8, 4) is 22.3 Å². The third kappa shape index (κ3) is 6.71. The van der Waals surface area contributed by atoms with Crippen LogP contribution < -0.4 is 9.80 Å². The first-order chi connectivity index (χ1) is 29.4. The summed E-state index contributed by atoms with van der Waals surface area (Å²) < 4.78 is 0. The second kappa shape index (κ2) is 15.5. The van der Waals surface area contributed by atoms with E-state index >= 15 is 0 Å². The van der Waals surface area contributed by atoms with Crippen LogP contribution in [0.25, 0.3) is 22.3 Å². The zero-order valence-corrected chi connectivity index (χ0v) is 34.9. The minimum absolute atomic E-state index is 0.0649. The molecule has 2 aliphatic rings. The van der Waals surface area contributed by atoms with Gasteiger partial charge in [0, 0.05) is 45.0 Å². The van der Waals surface area contributed by atoms with Crippen LogP contribution in [0, 0.1) is 5.92 Å². The molecular weight excluding hydrogens is 725 g/mol. The van der Waals surface area contributed by atoms with Gasteiger partial charge >= 0.3 is 0 Å². The lowest BCUT2D eigenvalue weighted by molar-refractivity contribution is 0.272. The first kappa shape index (κ1) is 37.6. The van der Waals surface area contributed by atoms with E-state index in [1.807, 2.05) is 0 Å². The van der Waals surface area contributed by atoms with Crippen molar-refractivity contribution >= 4 is 34.1 Å².